The fourth-order valence-corrected chi connectivity index (χ4v) is 2.63. The summed E-state index contributed by atoms with van der Waals surface area (Å²) in [5.74, 6) is 0.784. The first kappa shape index (κ1) is 15.1. The largest absolute Gasteiger partial charge is 0.491 e. The van der Waals surface area contributed by atoms with Crippen LogP contribution in [0.25, 0.3) is 0 Å². The number of aliphatic hydroxyl groups excluding tert-OH is 1. The standard InChI is InChI=1S/C17H19BrO2/c1-11(2)20-15-6-4-5-13(10-15)17(19)16-8-7-14(18)9-12(16)3/h4-11,17,19H,1-3H3. The number of aryl methyl sites for hydroxylation is 1. The van der Waals surface area contributed by atoms with Crippen molar-refractivity contribution in [2.24, 2.45) is 0 Å². The fourth-order valence-electron chi connectivity index (χ4n) is 2.16. The first-order valence-electron chi connectivity index (χ1n) is 6.68. The monoisotopic (exact) mass is 334 g/mol. The van der Waals surface area contributed by atoms with Crippen LogP contribution in [0, 0.1) is 6.92 Å². The Bertz CT molecular complexity index is 593. The summed E-state index contributed by atoms with van der Waals surface area (Å²) in [5, 5.41) is 10.6. The average molecular weight is 335 g/mol. The summed E-state index contributed by atoms with van der Waals surface area (Å²) < 4.78 is 6.69. The zero-order chi connectivity index (χ0) is 14.7. The molecule has 2 nitrogen and oxygen atoms in total. The molecule has 1 N–H and O–H groups in total. The Balaban J connectivity index is 2.30. The van der Waals surface area contributed by atoms with Crippen molar-refractivity contribution < 1.29 is 9.84 Å². The molecule has 2 rings (SSSR count). The second kappa shape index (κ2) is 6.42. The van der Waals surface area contributed by atoms with Gasteiger partial charge in [-0.2, -0.15) is 0 Å². The second-order valence-corrected chi connectivity index (χ2v) is 6.06. The number of aliphatic hydroxyl groups is 1. The molecule has 0 saturated carbocycles. The number of rotatable bonds is 4. The van der Waals surface area contributed by atoms with E-state index in [0.29, 0.717) is 0 Å². The molecule has 0 fully saturated rings. The van der Waals surface area contributed by atoms with Crippen LogP contribution in [-0.2, 0) is 0 Å². The molecule has 106 valence electrons. The highest BCUT2D eigenvalue weighted by Gasteiger charge is 2.14. The number of hydrogen-bond donors (Lipinski definition) is 1. The van der Waals surface area contributed by atoms with Crippen molar-refractivity contribution in [1.82, 2.24) is 0 Å². The molecule has 1 unspecified atom stereocenters. The van der Waals surface area contributed by atoms with Crippen LogP contribution < -0.4 is 4.74 Å². The molecule has 3 heteroatoms. The first-order chi connectivity index (χ1) is 9.47. The zero-order valence-corrected chi connectivity index (χ0v) is 13.5. The lowest BCUT2D eigenvalue weighted by Crippen LogP contribution is -2.07. The van der Waals surface area contributed by atoms with Crippen molar-refractivity contribution >= 4 is 15.9 Å². The highest BCUT2D eigenvalue weighted by atomic mass is 79.9. The van der Waals surface area contributed by atoms with Gasteiger partial charge in [0.2, 0.25) is 0 Å². The van der Waals surface area contributed by atoms with Gasteiger partial charge in [0.15, 0.2) is 0 Å². The third-order valence-corrected chi connectivity index (χ3v) is 3.57. The van der Waals surface area contributed by atoms with Gasteiger partial charge in [-0.25, -0.2) is 0 Å². The van der Waals surface area contributed by atoms with Crippen LogP contribution >= 0.6 is 15.9 Å². The maximum absolute atomic E-state index is 10.6. The Hall–Kier alpha value is -1.32. The summed E-state index contributed by atoms with van der Waals surface area (Å²) in [4.78, 5) is 0. The Morgan fingerprint density at radius 3 is 2.50 bits per heavy atom. The van der Waals surface area contributed by atoms with Crippen LogP contribution in [0.1, 0.15) is 36.6 Å². The predicted molar refractivity (Wildman–Crippen MR) is 85.1 cm³/mol. The van der Waals surface area contributed by atoms with Crippen LogP contribution in [0.2, 0.25) is 0 Å². The normalized spacial score (nSPS) is 12.5. The predicted octanol–water partition coefficient (Wildman–Crippen LogP) is 4.63. The highest BCUT2D eigenvalue weighted by molar-refractivity contribution is 9.10. The van der Waals surface area contributed by atoms with Gasteiger partial charge in [-0.15, -0.1) is 0 Å². The summed E-state index contributed by atoms with van der Waals surface area (Å²) in [5.41, 5.74) is 2.81. The molecule has 0 radical (unpaired) electrons. The Kier molecular flexibility index (Phi) is 4.84. The van der Waals surface area contributed by atoms with Crippen LogP contribution in [0.3, 0.4) is 0 Å². The van der Waals surface area contributed by atoms with Crippen LogP contribution in [0.5, 0.6) is 5.75 Å². The molecule has 0 heterocycles. The SMILES string of the molecule is Cc1cc(Br)ccc1C(O)c1cccc(OC(C)C)c1. The number of hydrogen-bond acceptors (Lipinski definition) is 2. The van der Waals surface area contributed by atoms with Gasteiger partial charge in [0.25, 0.3) is 0 Å². The Morgan fingerprint density at radius 1 is 1.10 bits per heavy atom. The molecule has 0 aliphatic carbocycles. The molecule has 0 amide bonds. The molecule has 0 saturated heterocycles. The number of halogens is 1. The summed E-state index contributed by atoms with van der Waals surface area (Å²) in [6.45, 7) is 5.97. The third-order valence-electron chi connectivity index (χ3n) is 3.07. The minimum absolute atomic E-state index is 0.122. The Labute approximate surface area is 128 Å². The highest BCUT2D eigenvalue weighted by Crippen LogP contribution is 2.29. The molecular formula is C17H19BrO2. The maximum Gasteiger partial charge on any atom is 0.120 e. The molecule has 2 aromatic rings. The van der Waals surface area contributed by atoms with E-state index in [-0.39, 0.29) is 6.10 Å². The van der Waals surface area contributed by atoms with E-state index in [4.69, 9.17) is 4.74 Å². The van der Waals surface area contributed by atoms with Crippen molar-refractivity contribution in [2.45, 2.75) is 33.0 Å². The lowest BCUT2D eigenvalue weighted by molar-refractivity contribution is 0.216. The third kappa shape index (κ3) is 3.62. The van der Waals surface area contributed by atoms with Gasteiger partial charge < -0.3 is 9.84 Å². The summed E-state index contributed by atoms with van der Waals surface area (Å²) in [6.07, 6.45) is -0.518. The molecular weight excluding hydrogens is 316 g/mol. The van der Waals surface area contributed by atoms with E-state index in [2.05, 4.69) is 15.9 Å². The van der Waals surface area contributed by atoms with E-state index in [9.17, 15) is 5.11 Å². The quantitative estimate of drug-likeness (QED) is 0.883. The summed E-state index contributed by atoms with van der Waals surface area (Å²) in [6, 6.07) is 13.5. The topological polar surface area (TPSA) is 29.5 Å². The van der Waals surface area contributed by atoms with E-state index < -0.39 is 6.10 Å². The van der Waals surface area contributed by atoms with Crippen LogP contribution in [0.4, 0.5) is 0 Å². The maximum atomic E-state index is 10.6. The van der Waals surface area contributed by atoms with Gasteiger partial charge in [-0.3, -0.25) is 0 Å². The van der Waals surface area contributed by atoms with Gasteiger partial charge >= 0.3 is 0 Å². The fraction of sp³-hybridized carbons (Fsp3) is 0.294. The van der Waals surface area contributed by atoms with Crippen molar-refractivity contribution in [3.05, 3.63) is 63.6 Å². The lowest BCUT2D eigenvalue weighted by Gasteiger charge is -2.16. The molecule has 0 spiro atoms. The molecule has 2 aromatic carbocycles. The zero-order valence-electron chi connectivity index (χ0n) is 11.9. The van der Waals surface area contributed by atoms with Crippen LogP contribution in [0.15, 0.2) is 46.9 Å². The van der Waals surface area contributed by atoms with Gasteiger partial charge in [-0.05, 0) is 61.7 Å². The van der Waals surface area contributed by atoms with Gasteiger partial charge in [-0.1, -0.05) is 34.1 Å². The molecule has 0 aromatic heterocycles. The minimum atomic E-state index is -0.640. The van der Waals surface area contributed by atoms with Gasteiger partial charge in [0, 0.05) is 4.47 Å². The number of ether oxygens (including phenoxy) is 1. The van der Waals surface area contributed by atoms with E-state index in [1.54, 1.807) is 0 Å². The van der Waals surface area contributed by atoms with Crippen molar-refractivity contribution in [3.63, 3.8) is 0 Å². The number of benzene rings is 2. The van der Waals surface area contributed by atoms with E-state index in [1.165, 1.54) is 0 Å². The molecule has 20 heavy (non-hydrogen) atoms. The average Bonchev–Trinajstić information content (AvgIpc) is 2.37. The van der Waals surface area contributed by atoms with Crippen LogP contribution in [-0.4, -0.2) is 11.2 Å². The van der Waals surface area contributed by atoms with Crippen molar-refractivity contribution in [1.29, 1.82) is 0 Å². The van der Waals surface area contributed by atoms with E-state index in [1.807, 2.05) is 63.2 Å². The van der Waals surface area contributed by atoms with Gasteiger partial charge in [0.1, 0.15) is 11.9 Å². The van der Waals surface area contributed by atoms with E-state index >= 15 is 0 Å². The molecule has 0 aliphatic heterocycles. The summed E-state index contributed by atoms with van der Waals surface area (Å²) >= 11 is 3.44. The first-order valence-corrected chi connectivity index (χ1v) is 7.47. The second-order valence-electron chi connectivity index (χ2n) is 5.14. The molecule has 0 aliphatic rings. The molecule has 0 bridgehead atoms. The minimum Gasteiger partial charge on any atom is -0.491 e. The van der Waals surface area contributed by atoms with Gasteiger partial charge in [0.05, 0.1) is 6.10 Å². The van der Waals surface area contributed by atoms with E-state index in [0.717, 1.165) is 26.9 Å². The van der Waals surface area contributed by atoms with Crippen molar-refractivity contribution in [3.8, 4) is 5.75 Å². The lowest BCUT2D eigenvalue weighted by atomic mass is 9.97. The Morgan fingerprint density at radius 2 is 1.85 bits per heavy atom. The van der Waals surface area contributed by atoms with Crippen molar-refractivity contribution in [2.75, 3.05) is 0 Å². The smallest absolute Gasteiger partial charge is 0.120 e. The summed E-state index contributed by atoms with van der Waals surface area (Å²) in [7, 11) is 0. The molecule has 1 atom stereocenters.